The number of rotatable bonds is 6. The van der Waals surface area contributed by atoms with Gasteiger partial charge in [0.15, 0.2) is 28.8 Å². The first-order valence-corrected chi connectivity index (χ1v) is 10.3. The normalized spacial score (nSPS) is 12.4. The Bertz CT molecular complexity index is 1410. The lowest BCUT2D eigenvalue weighted by Crippen LogP contribution is -2.33. The van der Waals surface area contributed by atoms with Crippen LogP contribution in [-0.2, 0) is 13.6 Å². The topological polar surface area (TPSA) is 99.6 Å². The molecule has 3 heterocycles. The minimum absolute atomic E-state index is 0.0265. The van der Waals surface area contributed by atoms with E-state index in [0.717, 1.165) is 11.6 Å². The van der Waals surface area contributed by atoms with Crippen molar-refractivity contribution in [2.75, 3.05) is 14.2 Å². The minimum atomic E-state index is -1.20. The number of pyridine rings is 1. The Morgan fingerprint density at radius 2 is 1.76 bits per heavy atom. The van der Waals surface area contributed by atoms with Crippen LogP contribution >= 0.6 is 0 Å². The molecular weight excluding hydrogens is 446 g/mol. The van der Waals surface area contributed by atoms with Crippen LogP contribution in [-0.4, -0.2) is 49.2 Å². The van der Waals surface area contributed by atoms with Crippen molar-refractivity contribution in [3.8, 4) is 22.8 Å². The SMILES string of the molecule is COc1cc(OC)c(F)c(/N=c2\ccc3ncc(-c4cnn(C)c4)nc3n2CC(C)(C)O)c1F. The fraction of sp³-hybridized carbons (Fsp3) is 0.304. The molecule has 178 valence electrons. The van der Waals surface area contributed by atoms with Crippen LogP contribution in [0.25, 0.3) is 22.4 Å². The number of benzene rings is 1. The zero-order valence-electron chi connectivity index (χ0n) is 19.4. The highest BCUT2D eigenvalue weighted by molar-refractivity contribution is 5.73. The van der Waals surface area contributed by atoms with Gasteiger partial charge in [0, 0.05) is 24.9 Å². The molecule has 0 radical (unpaired) electrons. The molecule has 0 atom stereocenters. The predicted octanol–water partition coefficient (Wildman–Crippen LogP) is 3.13. The van der Waals surface area contributed by atoms with Crippen LogP contribution in [0.5, 0.6) is 11.5 Å². The van der Waals surface area contributed by atoms with Crippen molar-refractivity contribution in [1.29, 1.82) is 0 Å². The highest BCUT2D eigenvalue weighted by Crippen LogP contribution is 2.36. The lowest BCUT2D eigenvalue weighted by atomic mass is 10.1. The van der Waals surface area contributed by atoms with Gasteiger partial charge in [0.05, 0.1) is 44.5 Å². The summed E-state index contributed by atoms with van der Waals surface area (Å²) < 4.78 is 43.2. The van der Waals surface area contributed by atoms with Crippen molar-refractivity contribution < 1.29 is 23.4 Å². The first-order chi connectivity index (χ1) is 16.1. The second kappa shape index (κ2) is 8.82. The number of fused-ring (bicyclic) bond motifs is 1. The van der Waals surface area contributed by atoms with Gasteiger partial charge in [-0.3, -0.25) is 9.67 Å². The van der Waals surface area contributed by atoms with Crippen LogP contribution < -0.4 is 15.0 Å². The average molecular weight is 470 g/mol. The predicted molar refractivity (Wildman–Crippen MR) is 121 cm³/mol. The zero-order valence-corrected chi connectivity index (χ0v) is 19.4. The molecule has 0 saturated carbocycles. The van der Waals surface area contributed by atoms with Crippen molar-refractivity contribution >= 4 is 16.9 Å². The zero-order chi connectivity index (χ0) is 24.6. The van der Waals surface area contributed by atoms with E-state index in [0.29, 0.717) is 16.9 Å². The lowest BCUT2D eigenvalue weighted by molar-refractivity contribution is 0.0614. The Morgan fingerprint density at radius 3 is 2.32 bits per heavy atom. The van der Waals surface area contributed by atoms with Crippen molar-refractivity contribution in [3.63, 3.8) is 0 Å². The Balaban J connectivity index is 2.03. The lowest BCUT2D eigenvalue weighted by Gasteiger charge is -2.21. The van der Waals surface area contributed by atoms with Gasteiger partial charge in [0.2, 0.25) is 0 Å². The molecule has 0 saturated heterocycles. The molecule has 11 heteroatoms. The third-order valence-electron chi connectivity index (χ3n) is 5.03. The smallest absolute Gasteiger partial charge is 0.193 e. The quantitative estimate of drug-likeness (QED) is 0.465. The molecule has 34 heavy (non-hydrogen) atoms. The molecule has 0 aliphatic heterocycles. The summed E-state index contributed by atoms with van der Waals surface area (Å²) in [7, 11) is 4.31. The summed E-state index contributed by atoms with van der Waals surface area (Å²) in [6, 6.07) is 4.31. The molecule has 1 N–H and O–H groups in total. The van der Waals surface area contributed by atoms with E-state index < -0.39 is 22.9 Å². The summed E-state index contributed by atoms with van der Waals surface area (Å²) in [6.07, 6.45) is 5.05. The van der Waals surface area contributed by atoms with E-state index in [9.17, 15) is 13.9 Å². The van der Waals surface area contributed by atoms with E-state index in [-0.39, 0.29) is 23.5 Å². The summed E-state index contributed by atoms with van der Waals surface area (Å²) in [5, 5.41) is 14.7. The molecule has 0 fully saturated rings. The number of hydrogen-bond acceptors (Lipinski definition) is 7. The number of nitrogens with zero attached hydrogens (tertiary/aromatic N) is 6. The molecule has 0 aliphatic carbocycles. The first-order valence-electron chi connectivity index (χ1n) is 10.3. The van der Waals surface area contributed by atoms with Crippen LogP contribution in [0.2, 0.25) is 0 Å². The first kappa shape index (κ1) is 23.3. The van der Waals surface area contributed by atoms with E-state index in [4.69, 9.17) is 14.5 Å². The number of aryl methyl sites for hydroxylation is 1. The molecule has 0 spiro atoms. The molecule has 0 amide bonds. The fourth-order valence-corrected chi connectivity index (χ4v) is 3.48. The third kappa shape index (κ3) is 4.46. The minimum Gasteiger partial charge on any atom is -0.493 e. The number of aliphatic hydroxyl groups is 1. The highest BCUT2D eigenvalue weighted by atomic mass is 19.1. The highest BCUT2D eigenvalue weighted by Gasteiger charge is 2.21. The van der Waals surface area contributed by atoms with E-state index >= 15 is 0 Å². The van der Waals surface area contributed by atoms with Crippen LogP contribution in [0, 0.1) is 11.6 Å². The summed E-state index contributed by atoms with van der Waals surface area (Å²) in [6.45, 7) is 3.24. The molecular formula is C23H24F2N6O3. The van der Waals surface area contributed by atoms with Gasteiger partial charge in [-0.25, -0.2) is 18.8 Å². The van der Waals surface area contributed by atoms with Crippen molar-refractivity contribution in [1.82, 2.24) is 24.3 Å². The third-order valence-corrected chi connectivity index (χ3v) is 5.03. The van der Waals surface area contributed by atoms with E-state index in [1.54, 1.807) is 60.9 Å². The largest absolute Gasteiger partial charge is 0.493 e. The fourth-order valence-electron chi connectivity index (χ4n) is 3.48. The number of halogens is 2. The van der Waals surface area contributed by atoms with Crippen LogP contribution in [0.4, 0.5) is 14.5 Å². The number of hydrogen-bond donors (Lipinski definition) is 1. The van der Waals surface area contributed by atoms with Crippen LogP contribution in [0.1, 0.15) is 13.8 Å². The van der Waals surface area contributed by atoms with E-state index in [1.165, 1.54) is 14.2 Å². The molecule has 0 bridgehead atoms. The van der Waals surface area contributed by atoms with Gasteiger partial charge in [0.25, 0.3) is 0 Å². The summed E-state index contributed by atoms with van der Waals surface area (Å²) in [5.41, 5.74) is 0.543. The summed E-state index contributed by atoms with van der Waals surface area (Å²) >= 11 is 0. The number of aromatic nitrogens is 5. The molecule has 9 nitrogen and oxygen atoms in total. The molecule has 0 aliphatic rings. The number of ether oxygens (including phenoxy) is 2. The second-order valence-electron chi connectivity index (χ2n) is 8.33. The van der Waals surface area contributed by atoms with Gasteiger partial charge in [-0.05, 0) is 26.0 Å². The van der Waals surface area contributed by atoms with Gasteiger partial charge in [0.1, 0.15) is 16.7 Å². The summed E-state index contributed by atoms with van der Waals surface area (Å²) in [4.78, 5) is 13.4. The van der Waals surface area contributed by atoms with Crippen LogP contribution in [0.3, 0.4) is 0 Å². The molecule has 1 aromatic carbocycles. The standard InChI is InChI=1S/C23H24F2N6O3/c1-23(2,32)12-31-18(29-21-19(24)16(33-4)8-17(34-5)20(21)25)7-6-14-22(31)28-15(10-26-14)13-9-27-30(3)11-13/h6-11,32H,12H2,1-5H3/b29-18+. The van der Waals surface area contributed by atoms with Gasteiger partial charge < -0.3 is 19.1 Å². The summed E-state index contributed by atoms with van der Waals surface area (Å²) in [5.74, 6) is -2.40. The maximum Gasteiger partial charge on any atom is 0.193 e. The monoisotopic (exact) mass is 470 g/mol. The van der Waals surface area contributed by atoms with Gasteiger partial charge in [-0.1, -0.05) is 0 Å². The molecule has 4 aromatic rings. The van der Waals surface area contributed by atoms with E-state index in [1.807, 2.05) is 0 Å². The maximum atomic E-state index is 15.0. The van der Waals surface area contributed by atoms with Gasteiger partial charge >= 0.3 is 0 Å². The number of methoxy groups -OCH3 is 2. The van der Waals surface area contributed by atoms with Crippen molar-refractivity contribution in [3.05, 3.63) is 53.9 Å². The van der Waals surface area contributed by atoms with Gasteiger partial charge in [-0.15, -0.1) is 0 Å². The molecule has 0 unspecified atom stereocenters. The second-order valence-corrected chi connectivity index (χ2v) is 8.33. The Morgan fingerprint density at radius 1 is 1.09 bits per heavy atom. The maximum absolute atomic E-state index is 15.0. The Hall–Kier alpha value is -3.86. The van der Waals surface area contributed by atoms with Gasteiger partial charge in [-0.2, -0.15) is 5.10 Å². The van der Waals surface area contributed by atoms with Crippen molar-refractivity contribution in [2.45, 2.75) is 26.0 Å². The van der Waals surface area contributed by atoms with E-state index in [2.05, 4.69) is 15.1 Å². The average Bonchev–Trinajstić information content (AvgIpc) is 3.23. The van der Waals surface area contributed by atoms with Crippen LogP contribution in [0.15, 0.2) is 41.8 Å². The Labute approximate surface area is 194 Å². The Kier molecular flexibility index (Phi) is 6.05. The van der Waals surface area contributed by atoms with Crippen molar-refractivity contribution in [2.24, 2.45) is 12.0 Å². The molecule has 3 aromatic heterocycles. The molecule has 4 rings (SSSR count).